The summed E-state index contributed by atoms with van der Waals surface area (Å²) in [6.45, 7) is 6.89. The lowest BCUT2D eigenvalue weighted by atomic mass is 10.2. The number of thiophene rings is 1. The van der Waals surface area contributed by atoms with Crippen LogP contribution in [0.15, 0.2) is 0 Å². The zero-order valence-electron chi connectivity index (χ0n) is 15.9. The molecule has 2 aromatic rings. The van der Waals surface area contributed by atoms with E-state index in [4.69, 9.17) is 9.72 Å². The van der Waals surface area contributed by atoms with Gasteiger partial charge in [0.2, 0.25) is 5.91 Å². The molecule has 8 heteroatoms. The van der Waals surface area contributed by atoms with Gasteiger partial charge in [-0.1, -0.05) is 0 Å². The lowest BCUT2D eigenvalue weighted by Gasteiger charge is -2.24. The minimum atomic E-state index is -0.337. The molecule has 1 aliphatic heterocycles. The molecule has 7 nitrogen and oxygen atoms in total. The summed E-state index contributed by atoms with van der Waals surface area (Å²) in [5.41, 5.74) is 0.868. The van der Waals surface area contributed by atoms with E-state index in [1.54, 1.807) is 0 Å². The number of carbonyl (C=O) groups is 2. The quantitative estimate of drug-likeness (QED) is 0.752. The van der Waals surface area contributed by atoms with E-state index < -0.39 is 0 Å². The minimum Gasteiger partial charge on any atom is -0.465 e. The molecule has 0 aromatic carbocycles. The largest absolute Gasteiger partial charge is 0.465 e. The standard InChI is InChI=1S/C19H24N4O3S/c1-11-14-16(20-12(2)21-17(14)27-15(11)19(25)26-3)22-7-4-8-23(10-9-22)18(24)13-5-6-13/h13H,4-10H2,1-3H3. The van der Waals surface area contributed by atoms with Gasteiger partial charge >= 0.3 is 5.97 Å². The first kappa shape index (κ1) is 18.2. The number of fused-ring (bicyclic) bond motifs is 1. The predicted molar refractivity (Wildman–Crippen MR) is 104 cm³/mol. The molecule has 144 valence electrons. The molecule has 3 heterocycles. The second-order valence-corrected chi connectivity index (χ2v) is 8.26. The number of hydrogen-bond acceptors (Lipinski definition) is 7. The van der Waals surface area contributed by atoms with Crippen LogP contribution >= 0.6 is 11.3 Å². The molecule has 2 fully saturated rings. The number of amides is 1. The number of rotatable bonds is 3. The van der Waals surface area contributed by atoms with Crippen molar-refractivity contribution in [2.45, 2.75) is 33.1 Å². The number of esters is 1. The Kier molecular flexibility index (Phi) is 4.75. The number of ether oxygens (including phenoxy) is 1. The highest BCUT2D eigenvalue weighted by Crippen LogP contribution is 2.36. The molecule has 1 aliphatic carbocycles. The lowest BCUT2D eigenvalue weighted by Crippen LogP contribution is -2.36. The first-order valence-electron chi connectivity index (χ1n) is 9.39. The Morgan fingerprint density at radius 2 is 1.89 bits per heavy atom. The number of aryl methyl sites for hydroxylation is 2. The monoisotopic (exact) mass is 388 g/mol. The van der Waals surface area contributed by atoms with Crippen molar-refractivity contribution in [1.29, 1.82) is 0 Å². The van der Waals surface area contributed by atoms with Gasteiger partial charge < -0.3 is 14.5 Å². The molecule has 0 N–H and O–H groups in total. The smallest absolute Gasteiger partial charge is 0.348 e. The van der Waals surface area contributed by atoms with Gasteiger partial charge in [0.15, 0.2) is 0 Å². The molecule has 1 saturated heterocycles. The highest BCUT2D eigenvalue weighted by atomic mass is 32.1. The predicted octanol–water partition coefficient (Wildman–Crippen LogP) is 2.54. The van der Waals surface area contributed by atoms with Crippen LogP contribution in [0.2, 0.25) is 0 Å². The lowest BCUT2D eigenvalue weighted by molar-refractivity contribution is -0.132. The average Bonchev–Trinajstić information content (AvgIpc) is 3.47. The van der Waals surface area contributed by atoms with E-state index in [1.807, 2.05) is 18.7 Å². The number of nitrogens with zero attached hydrogens (tertiary/aromatic N) is 4. The zero-order valence-corrected chi connectivity index (χ0v) is 16.8. The Bertz CT molecular complexity index is 906. The zero-order chi connectivity index (χ0) is 19.1. The highest BCUT2D eigenvalue weighted by Gasteiger charge is 2.34. The van der Waals surface area contributed by atoms with Gasteiger partial charge in [0.1, 0.15) is 21.3 Å². The van der Waals surface area contributed by atoms with E-state index in [0.717, 1.165) is 60.5 Å². The second kappa shape index (κ2) is 7.07. The van der Waals surface area contributed by atoms with Crippen molar-refractivity contribution in [3.8, 4) is 0 Å². The molecule has 0 radical (unpaired) electrons. The summed E-state index contributed by atoms with van der Waals surface area (Å²) in [5.74, 6) is 1.77. The van der Waals surface area contributed by atoms with E-state index in [2.05, 4.69) is 9.88 Å². The van der Waals surface area contributed by atoms with Crippen molar-refractivity contribution >= 4 is 39.2 Å². The summed E-state index contributed by atoms with van der Waals surface area (Å²) < 4.78 is 4.92. The van der Waals surface area contributed by atoms with Crippen LogP contribution in [0.1, 0.15) is 40.3 Å². The minimum absolute atomic E-state index is 0.256. The number of methoxy groups -OCH3 is 1. The summed E-state index contributed by atoms with van der Waals surface area (Å²) in [5, 5.41) is 0.924. The maximum absolute atomic E-state index is 12.4. The summed E-state index contributed by atoms with van der Waals surface area (Å²) >= 11 is 1.35. The molecular formula is C19H24N4O3S. The van der Waals surface area contributed by atoms with E-state index in [-0.39, 0.29) is 11.9 Å². The molecule has 4 rings (SSSR count). The molecular weight excluding hydrogens is 364 g/mol. The number of aromatic nitrogens is 2. The van der Waals surface area contributed by atoms with Gasteiger partial charge in [-0.15, -0.1) is 11.3 Å². The van der Waals surface area contributed by atoms with E-state index in [1.165, 1.54) is 18.4 Å². The Morgan fingerprint density at radius 1 is 1.11 bits per heavy atom. The normalized spacial score (nSPS) is 17.9. The molecule has 1 saturated carbocycles. The Morgan fingerprint density at radius 3 is 2.59 bits per heavy atom. The van der Waals surface area contributed by atoms with Gasteiger partial charge in [0.25, 0.3) is 0 Å². The van der Waals surface area contributed by atoms with Crippen LogP contribution < -0.4 is 4.90 Å². The van der Waals surface area contributed by atoms with Gasteiger partial charge in [-0.2, -0.15) is 0 Å². The summed E-state index contributed by atoms with van der Waals surface area (Å²) in [6.07, 6.45) is 2.99. The van der Waals surface area contributed by atoms with Gasteiger partial charge in [-0.05, 0) is 38.7 Å². The topological polar surface area (TPSA) is 75.6 Å². The van der Waals surface area contributed by atoms with Crippen molar-refractivity contribution < 1.29 is 14.3 Å². The van der Waals surface area contributed by atoms with Gasteiger partial charge in [-0.3, -0.25) is 4.79 Å². The fourth-order valence-corrected chi connectivity index (χ4v) is 4.82. The van der Waals surface area contributed by atoms with Crippen LogP contribution in [0, 0.1) is 19.8 Å². The highest BCUT2D eigenvalue weighted by molar-refractivity contribution is 7.20. The third-order valence-electron chi connectivity index (χ3n) is 5.29. The molecule has 0 bridgehead atoms. The summed E-state index contributed by atoms with van der Waals surface area (Å²) in [4.78, 5) is 39.4. The third kappa shape index (κ3) is 3.38. The van der Waals surface area contributed by atoms with Gasteiger partial charge in [-0.25, -0.2) is 14.8 Å². The van der Waals surface area contributed by atoms with Crippen LogP contribution in [0.25, 0.3) is 10.2 Å². The van der Waals surface area contributed by atoms with Crippen LogP contribution in [-0.2, 0) is 9.53 Å². The summed E-state index contributed by atoms with van der Waals surface area (Å²) in [7, 11) is 1.39. The van der Waals surface area contributed by atoms with Crippen LogP contribution in [0.4, 0.5) is 5.82 Å². The fourth-order valence-electron chi connectivity index (χ4n) is 3.68. The number of hydrogen-bond donors (Lipinski definition) is 0. The molecule has 2 aromatic heterocycles. The van der Waals surface area contributed by atoms with E-state index >= 15 is 0 Å². The van der Waals surface area contributed by atoms with Crippen LogP contribution in [-0.4, -0.2) is 60.0 Å². The SMILES string of the molecule is COC(=O)c1sc2nc(C)nc(N3CCCN(C(=O)C4CC4)CC3)c2c1C. The molecule has 2 aliphatic rings. The van der Waals surface area contributed by atoms with Crippen LogP contribution in [0.5, 0.6) is 0 Å². The fraction of sp³-hybridized carbons (Fsp3) is 0.579. The van der Waals surface area contributed by atoms with Crippen molar-refractivity contribution in [2.24, 2.45) is 5.92 Å². The average molecular weight is 388 g/mol. The molecule has 0 atom stereocenters. The molecule has 27 heavy (non-hydrogen) atoms. The first-order valence-corrected chi connectivity index (χ1v) is 10.2. The van der Waals surface area contributed by atoms with E-state index in [9.17, 15) is 9.59 Å². The molecule has 0 spiro atoms. The van der Waals surface area contributed by atoms with Crippen molar-refractivity contribution in [1.82, 2.24) is 14.9 Å². The van der Waals surface area contributed by atoms with Crippen molar-refractivity contribution in [3.05, 3.63) is 16.3 Å². The first-order chi connectivity index (χ1) is 13.0. The molecule has 0 unspecified atom stereocenters. The maximum Gasteiger partial charge on any atom is 0.348 e. The van der Waals surface area contributed by atoms with Crippen molar-refractivity contribution in [3.63, 3.8) is 0 Å². The second-order valence-electron chi connectivity index (χ2n) is 7.26. The number of carbonyl (C=O) groups excluding carboxylic acids is 2. The molecule has 1 amide bonds. The maximum atomic E-state index is 12.4. The van der Waals surface area contributed by atoms with Gasteiger partial charge in [0.05, 0.1) is 12.5 Å². The van der Waals surface area contributed by atoms with Crippen molar-refractivity contribution in [2.75, 3.05) is 38.2 Å². The van der Waals surface area contributed by atoms with Gasteiger partial charge in [0, 0.05) is 32.1 Å². The Labute approximate surface area is 162 Å². The van der Waals surface area contributed by atoms with Crippen LogP contribution in [0.3, 0.4) is 0 Å². The summed E-state index contributed by atoms with van der Waals surface area (Å²) in [6, 6.07) is 0. The Balaban J connectivity index is 1.67. The Hall–Kier alpha value is -2.22. The third-order valence-corrected chi connectivity index (χ3v) is 6.45. The van der Waals surface area contributed by atoms with E-state index in [0.29, 0.717) is 23.2 Å². The number of anilines is 1.